The van der Waals surface area contributed by atoms with Gasteiger partial charge in [-0.1, -0.05) is 54.1 Å². The molecule has 0 aliphatic rings. The van der Waals surface area contributed by atoms with Crippen LogP contribution in [0, 0.1) is 0 Å². The van der Waals surface area contributed by atoms with Crippen LogP contribution in [-0.4, -0.2) is 22.9 Å². The van der Waals surface area contributed by atoms with E-state index in [0.717, 1.165) is 16.3 Å². The van der Waals surface area contributed by atoms with Crippen LogP contribution in [0.5, 0.6) is 0 Å². The zero-order chi connectivity index (χ0) is 24.1. The fourth-order valence-electron chi connectivity index (χ4n) is 3.59. The van der Waals surface area contributed by atoms with Crippen molar-refractivity contribution in [3.63, 3.8) is 0 Å². The van der Waals surface area contributed by atoms with E-state index in [1.165, 1.54) is 6.07 Å². The van der Waals surface area contributed by atoms with Gasteiger partial charge in [-0.05, 0) is 65.2 Å². The summed E-state index contributed by atoms with van der Waals surface area (Å²) in [6.45, 7) is 0. The smallest absolute Gasteiger partial charge is 0.303 e. The van der Waals surface area contributed by atoms with Crippen LogP contribution in [0.15, 0.2) is 84.9 Å². The normalized spacial score (nSPS) is 10.6. The molecule has 0 saturated heterocycles. The molecule has 2 amide bonds. The number of hydrogen-bond acceptors (Lipinski definition) is 3. The SMILES string of the molecule is O=C(O)CCc1cccc(NC(=O)c2cc(Cl)ccc2NC(=O)c2ccc3ccccc3c2)c1. The molecule has 0 aliphatic heterocycles. The largest absolute Gasteiger partial charge is 0.481 e. The van der Waals surface area contributed by atoms with Gasteiger partial charge in [0.1, 0.15) is 0 Å². The number of carbonyl (C=O) groups excluding carboxylic acids is 2. The zero-order valence-electron chi connectivity index (χ0n) is 18.0. The first-order chi connectivity index (χ1) is 16.4. The summed E-state index contributed by atoms with van der Waals surface area (Å²) in [5, 5.41) is 16.8. The maximum absolute atomic E-state index is 13.0. The van der Waals surface area contributed by atoms with Gasteiger partial charge in [-0.3, -0.25) is 14.4 Å². The van der Waals surface area contributed by atoms with E-state index in [4.69, 9.17) is 16.7 Å². The van der Waals surface area contributed by atoms with E-state index in [9.17, 15) is 14.4 Å². The van der Waals surface area contributed by atoms with Gasteiger partial charge in [-0.15, -0.1) is 0 Å². The second-order valence-corrected chi connectivity index (χ2v) is 8.19. The number of nitrogens with one attached hydrogen (secondary N) is 2. The molecule has 0 bridgehead atoms. The van der Waals surface area contributed by atoms with Crippen LogP contribution in [-0.2, 0) is 11.2 Å². The Morgan fingerprint density at radius 3 is 2.35 bits per heavy atom. The predicted molar refractivity (Wildman–Crippen MR) is 134 cm³/mol. The molecule has 7 heteroatoms. The van der Waals surface area contributed by atoms with Gasteiger partial charge < -0.3 is 15.7 Å². The standard InChI is InChI=1S/C27H21ClN2O4/c28-21-11-12-24(30-26(33)20-10-9-18-5-1-2-6-19(18)15-20)23(16-21)27(34)29-22-7-3-4-17(14-22)8-13-25(31)32/h1-7,9-12,14-16H,8,13H2,(H,29,34)(H,30,33)(H,31,32). The number of carboxylic acid groups (broad SMARTS) is 1. The summed E-state index contributed by atoms with van der Waals surface area (Å²) in [5.74, 6) is -1.69. The molecule has 3 N–H and O–H groups in total. The quantitative estimate of drug-likeness (QED) is 0.306. The maximum atomic E-state index is 13.0. The lowest BCUT2D eigenvalue weighted by molar-refractivity contribution is -0.136. The highest BCUT2D eigenvalue weighted by Gasteiger charge is 2.16. The Morgan fingerprint density at radius 2 is 1.56 bits per heavy atom. The molecule has 0 atom stereocenters. The Bertz CT molecular complexity index is 1400. The second kappa shape index (κ2) is 10.2. The van der Waals surface area contributed by atoms with Crippen molar-refractivity contribution in [2.75, 3.05) is 10.6 Å². The molecular weight excluding hydrogens is 452 g/mol. The summed E-state index contributed by atoms with van der Waals surface area (Å²) < 4.78 is 0. The van der Waals surface area contributed by atoms with Crippen LogP contribution >= 0.6 is 11.6 Å². The van der Waals surface area contributed by atoms with Gasteiger partial charge in [0.25, 0.3) is 11.8 Å². The molecule has 0 spiro atoms. The van der Waals surface area contributed by atoms with Gasteiger partial charge >= 0.3 is 5.97 Å². The van der Waals surface area contributed by atoms with E-state index < -0.39 is 11.9 Å². The van der Waals surface area contributed by atoms with Crippen LogP contribution in [0.25, 0.3) is 10.8 Å². The molecule has 4 aromatic rings. The average Bonchev–Trinajstić information content (AvgIpc) is 2.83. The molecule has 0 heterocycles. The maximum Gasteiger partial charge on any atom is 0.303 e. The van der Waals surface area contributed by atoms with E-state index >= 15 is 0 Å². The summed E-state index contributed by atoms with van der Waals surface area (Å²) in [4.78, 5) is 36.8. The number of hydrogen-bond donors (Lipinski definition) is 3. The van der Waals surface area contributed by atoms with E-state index in [0.29, 0.717) is 28.4 Å². The molecule has 4 aromatic carbocycles. The van der Waals surface area contributed by atoms with Crippen LogP contribution in [0.4, 0.5) is 11.4 Å². The summed E-state index contributed by atoms with van der Waals surface area (Å²) in [7, 11) is 0. The molecule has 0 fully saturated rings. The van der Waals surface area contributed by atoms with Crippen molar-refractivity contribution in [1.82, 2.24) is 0 Å². The minimum atomic E-state index is -0.889. The van der Waals surface area contributed by atoms with E-state index in [1.54, 1.807) is 48.5 Å². The fourth-order valence-corrected chi connectivity index (χ4v) is 3.76. The van der Waals surface area contributed by atoms with Gasteiger partial charge in [-0.25, -0.2) is 0 Å². The van der Waals surface area contributed by atoms with Crippen LogP contribution in [0.1, 0.15) is 32.7 Å². The molecule has 170 valence electrons. The molecule has 0 aliphatic carbocycles. The lowest BCUT2D eigenvalue weighted by atomic mass is 10.1. The topological polar surface area (TPSA) is 95.5 Å². The van der Waals surface area contributed by atoms with Crippen molar-refractivity contribution < 1.29 is 19.5 Å². The van der Waals surface area contributed by atoms with Crippen molar-refractivity contribution >= 4 is 51.5 Å². The van der Waals surface area contributed by atoms with Crippen molar-refractivity contribution in [2.24, 2.45) is 0 Å². The fraction of sp³-hybridized carbons (Fsp3) is 0.0741. The number of anilines is 2. The van der Waals surface area contributed by atoms with Crippen LogP contribution in [0.3, 0.4) is 0 Å². The van der Waals surface area contributed by atoms with Gasteiger partial charge in [0.05, 0.1) is 11.3 Å². The highest BCUT2D eigenvalue weighted by Crippen LogP contribution is 2.24. The third-order valence-electron chi connectivity index (χ3n) is 5.30. The Kier molecular flexibility index (Phi) is 6.90. The van der Waals surface area contributed by atoms with Gasteiger partial charge in [0.2, 0.25) is 0 Å². The van der Waals surface area contributed by atoms with Crippen molar-refractivity contribution in [1.29, 1.82) is 0 Å². The minimum Gasteiger partial charge on any atom is -0.481 e. The third-order valence-corrected chi connectivity index (χ3v) is 5.53. The Morgan fingerprint density at radius 1 is 0.765 bits per heavy atom. The van der Waals surface area contributed by atoms with E-state index in [2.05, 4.69) is 10.6 Å². The Balaban J connectivity index is 1.54. The second-order valence-electron chi connectivity index (χ2n) is 7.75. The minimum absolute atomic E-state index is 0.00333. The van der Waals surface area contributed by atoms with Gasteiger partial charge in [0.15, 0.2) is 0 Å². The molecule has 6 nitrogen and oxygen atoms in total. The summed E-state index contributed by atoms with van der Waals surface area (Å²) in [6.07, 6.45) is 0.347. The van der Waals surface area contributed by atoms with Crippen LogP contribution < -0.4 is 10.6 Å². The number of benzene rings is 4. The van der Waals surface area contributed by atoms with E-state index in [-0.39, 0.29) is 17.9 Å². The number of fused-ring (bicyclic) bond motifs is 1. The summed E-state index contributed by atoms with van der Waals surface area (Å²) in [5.41, 5.74) is 2.29. The Hall–Kier alpha value is -4.16. The molecule has 0 saturated carbocycles. The van der Waals surface area contributed by atoms with Crippen molar-refractivity contribution in [3.05, 3.63) is 107 Å². The third kappa shape index (κ3) is 5.60. The lowest BCUT2D eigenvalue weighted by Gasteiger charge is -2.13. The van der Waals surface area contributed by atoms with Crippen molar-refractivity contribution in [2.45, 2.75) is 12.8 Å². The zero-order valence-corrected chi connectivity index (χ0v) is 18.8. The van der Waals surface area contributed by atoms with Crippen molar-refractivity contribution in [3.8, 4) is 0 Å². The van der Waals surface area contributed by atoms with E-state index in [1.807, 2.05) is 30.3 Å². The first kappa shape index (κ1) is 23.0. The molecular formula is C27H21ClN2O4. The average molecular weight is 473 g/mol. The number of carbonyl (C=O) groups is 3. The van der Waals surface area contributed by atoms with Gasteiger partial charge in [-0.2, -0.15) is 0 Å². The van der Waals surface area contributed by atoms with Gasteiger partial charge in [0, 0.05) is 22.7 Å². The molecule has 0 unspecified atom stereocenters. The number of halogens is 1. The lowest BCUT2D eigenvalue weighted by Crippen LogP contribution is -2.18. The summed E-state index contributed by atoms with van der Waals surface area (Å²) in [6, 6.07) is 24.8. The number of aliphatic carboxylic acids is 1. The molecule has 0 radical (unpaired) electrons. The first-order valence-electron chi connectivity index (χ1n) is 10.6. The predicted octanol–water partition coefficient (Wildman–Crippen LogP) is 6.02. The molecule has 4 rings (SSSR count). The number of aryl methyl sites for hydroxylation is 1. The monoisotopic (exact) mass is 472 g/mol. The molecule has 0 aromatic heterocycles. The van der Waals surface area contributed by atoms with Crippen LogP contribution in [0.2, 0.25) is 5.02 Å². The number of carboxylic acids is 1. The summed E-state index contributed by atoms with van der Waals surface area (Å²) >= 11 is 6.13. The highest BCUT2D eigenvalue weighted by atomic mass is 35.5. The highest BCUT2D eigenvalue weighted by molar-refractivity contribution is 6.31. The molecule has 34 heavy (non-hydrogen) atoms. The Labute approximate surface area is 201 Å². The number of rotatable bonds is 7. The first-order valence-corrected chi connectivity index (χ1v) is 11.0. The number of amides is 2.